The molecule has 4 heteroatoms. The molecule has 1 saturated carbocycles. The van der Waals surface area contributed by atoms with E-state index in [9.17, 15) is 4.79 Å². The number of amides is 1. The van der Waals surface area contributed by atoms with Gasteiger partial charge in [0.15, 0.2) is 11.5 Å². The summed E-state index contributed by atoms with van der Waals surface area (Å²) >= 11 is 0. The zero-order chi connectivity index (χ0) is 14.2. The fourth-order valence-corrected chi connectivity index (χ4v) is 3.60. The van der Waals surface area contributed by atoms with Crippen LogP contribution in [0, 0.1) is 0 Å². The number of hydrogen-bond donors (Lipinski definition) is 1. The molecule has 4 nitrogen and oxygen atoms in total. The second-order valence-corrected chi connectivity index (χ2v) is 5.80. The highest BCUT2D eigenvalue weighted by Crippen LogP contribution is 2.42. The van der Waals surface area contributed by atoms with Crippen LogP contribution < -0.4 is 14.8 Å². The van der Waals surface area contributed by atoms with Gasteiger partial charge in [0.2, 0.25) is 0 Å². The largest absolute Gasteiger partial charge is 0.493 e. The van der Waals surface area contributed by atoms with E-state index in [1.807, 2.05) is 6.07 Å². The minimum Gasteiger partial charge on any atom is -0.493 e. The lowest BCUT2D eigenvalue weighted by Crippen LogP contribution is -2.54. The van der Waals surface area contributed by atoms with Crippen molar-refractivity contribution in [1.82, 2.24) is 5.32 Å². The first-order valence-electron chi connectivity index (χ1n) is 7.25. The van der Waals surface area contributed by atoms with Crippen LogP contribution in [0.3, 0.4) is 0 Å². The minimum absolute atomic E-state index is 0.0223. The van der Waals surface area contributed by atoms with Gasteiger partial charge in [0.05, 0.1) is 14.2 Å². The number of rotatable bonds is 2. The molecular formula is C16H21NO3. The Morgan fingerprint density at radius 3 is 2.50 bits per heavy atom. The monoisotopic (exact) mass is 275 g/mol. The Bertz CT molecular complexity index is 533. The third-order valence-corrected chi connectivity index (χ3v) is 4.60. The molecule has 0 bridgehead atoms. The smallest absolute Gasteiger partial charge is 0.252 e. The predicted octanol–water partition coefficient (Wildman–Crippen LogP) is 2.69. The van der Waals surface area contributed by atoms with Crippen molar-refractivity contribution in [3.63, 3.8) is 0 Å². The summed E-state index contributed by atoms with van der Waals surface area (Å²) in [4.78, 5) is 12.4. The molecule has 1 spiro atoms. The van der Waals surface area contributed by atoms with Gasteiger partial charge in [0.25, 0.3) is 5.91 Å². The molecule has 0 aromatic heterocycles. The van der Waals surface area contributed by atoms with Gasteiger partial charge < -0.3 is 14.8 Å². The van der Waals surface area contributed by atoms with Crippen LogP contribution >= 0.6 is 0 Å². The summed E-state index contributed by atoms with van der Waals surface area (Å²) in [5.74, 6) is 1.44. The van der Waals surface area contributed by atoms with Gasteiger partial charge in [-0.15, -0.1) is 0 Å². The Morgan fingerprint density at radius 1 is 1.10 bits per heavy atom. The summed E-state index contributed by atoms with van der Waals surface area (Å²) in [7, 11) is 3.27. The van der Waals surface area contributed by atoms with E-state index >= 15 is 0 Å². The normalized spacial score (nSPS) is 20.2. The molecule has 108 valence electrons. The highest BCUT2D eigenvalue weighted by molar-refractivity contribution is 5.98. The van der Waals surface area contributed by atoms with E-state index in [1.54, 1.807) is 20.3 Å². The molecular weight excluding hydrogens is 254 g/mol. The Hall–Kier alpha value is -1.71. The van der Waals surface area contributed by atoms with Gasteiger partial charge in [0, 0.05) is 23.1 Å². The summed E-state index contributed by atoms with van der Waals surface area (Å²) in [6.07, 6.45) is 6.58. The maximum absolute atomic E-state index is 12.4. The second kappa shape index (κ2) is 5.00. The summed E-state index contributed by atoms with van der Waals surface area (Å²) in [5.41, 5.74) is 1.64. The molecule has 2 aliphatic rings. The van der Waals surface area contributed by atoms with Crippen molar-refractivity contribution in [2.24, 2.45) is 0 Å². The van der Waals surface area contributed by atoms with Gasteiger partial charge in [-0.05, 0) is 25.0 Å². The Labute approximate surface area is 119 Å². The van der Waals surface area contributed by atoms with E-state index in [-0.39, 0.29) is 11.4 Å². The molecule has 1 N–H and O–H groups in total. The summed E-state index contributed by atoms with van der Waals surface area (Å²) in [5, 5.41) is 3.24. The molecule has 1 aromatic carbocycles. The molecule has 0 radical (unpaired) electrons. The van der Waals surface area contributed by atoms with Crippen molar-refractivity contribution < 1.29 is 14.3 Å². The molecule has 1 fully saturated rings. The molecule has 1 amide bonds. The van der Waals surface area contributed by atoms with Crippen LogP contribution in [0.5, 0.6) is 11.5 Å². The number of ether oxygens (including phenoxy) is 2. The first-order chi connectivity index (χ1) is 9.69. The van der Waals surface area contributed by atoms with Crippen molar-refractivity contribution in [2.75, 3.05) is 14.2 Å². The standard InChI is InChI=1S/C16H21NO3/c1-19-13-7-6-11-12(14(13)20-2)10-16(17-15(11)18)8-4-3-5-9-16/h6-7H,3-5,8-10H2,1-2H3,(H,17,18). The van der Waals surface area contributed by atoms with E-state index in [4.69, 9.17) is 9.47 Å². The van der Waals surface area contributed by atoms with Gasteiger partial charge in [-0.25, -0.2) is 0 Å². The summed E-state index contributed by atoms with van der Waals surface area (Å²) < 4.78 is 10.9. The highest BCUT2D eigenvalue weighted by Gasteiger charge is 2.40. The van der Waals surface area contributed by atoms with Crippen LogP contribution in [0.15, 0.2) is 12.1 Å². The lowest BCUT2D eigenvalue weighted by Gasteiger charge is -2.42. The van der Waals surface area contributed by atoms with Crippen LogP contribution in [-0.4, -0.2) is 25.7 Å². The van der Waals surface area contributed by atoms with Crippen molar-refractivity contribution >= 4 is 5.91 Å². The van der Waals surface area contributed by atoms with Crippen LogP contribution in [-0.2, 0) is 6.42 Å². The molecule has 20 heavy (non-hydrogen) atoms. The van der Waals surface area contributed by atoms with E-state index < -0.39 is 0 Å². The fourth-order valence-electron chi connectivity index (χ4n) is 3.60. The quantitative estimate of drug-likeness (QED) is 0.902. The zero-order valence-corrected chi connectivity index (χ0v) is 12.1. The molecule has 1 aliphatic carbocycles. The summed E-state index contributed by atoms with van der Waals surface area (Å²) in [6.45, 7) is 0. The zero-order valence-electron chi connectivity index (χ0n) is 12.1. The number of carbonyl (C=O) groups is 1. The van der Waals surface area contributed by atoms with E-state index in [0.717, 1.165) is 30.4 Å². The number of carbonyl (C=O) groups excluding carboxylic acids is 1. The van der Waals surface area contributed by atoms with Crippen LogP contribution in [0.4, 0.5) is 0 Å². The fraction of sp³-hybridized carbons (Fsp3) is 0.562. The Balaban J connectivity index is 2.06. The van der Waals surface area contributed by atoms with Crippen molar-refractivity contribution in [3.05, 3.63) is 23.3 Å². The number of hydrogen-bond acceptors (Lipinski definition) is 3. The van der Waals surface area contributed by atoms with Crippen LogP contribution in [0.1, 0.15) is 48.0 Å². The maximum atomic E-state index is 12.4. The third-order valence-electron chi connectivity index (χ3n) is 4.60. The van der Waals surface area contributed by atoms with Crippen LogP contribution in [0.25, 0.3) is 0 Å². The van der Waals surface area contributed by atoms with Crippen LogP contribution in [0.2, 0.25) is 0 Å². The van der Waals surface area contributed by atoms with Gasteiger partial charge in [-0.1, -0.05) is 19.3 Å². The lowest BCUT2D eigenvalue weighted by atomic mass is 9.74. The molecule has 1 aliphatic heterocycles. The minimum atomic E-state index is -0.0814. The molecule has 0 unspecified atom stereocenters. The Morgan fingerprint density at radius 2 is 1.85 bits per heavy atom. The molecule has 1 heterocycles. The van der Waals surface area contributed by atoms with Crippen molar-refractivity contribution in [1.29, 1.82) is 0 Å². The number of benzene rings is 1. The average Bonchev–Trinajstić information content (AvgIpc) is 2.46. The average molecular weight is 275 g/mol. The predicted molar refractivity (Wildman–Crippen MR) is 76.5 cm³/mol. The topological polar surface area (TPSA) is 47.6 Å². The first-order valence-corrected chi connectivity index (χ1v) is 7.25. The van der Waals surface area contributed by atoms with Crippen molar-refractivity contribution in [2.45, 2.75) is 44.1 Å². The first kappa shape index (κ1) is 13.3. The number of methoxy groups -OCH3 is 2. The summed E-state index contributed by atoms with van der Waals surface area (Å²) in [6, 6.07) is 3.64. The van der Waals surface area contributed by atoms with E-state index in [1.165, 1.54) is 19.3 Å². The van der Waals surface area contributed by atoms with Gasteiger partial charge >= 0.3 is 0 Å². The molecule has 0 saturated heterocycles. The maximum Gasteiger partial charge on any atom is 0.252 e. The van der Waals surface area contributed by atoms with E-state index in [2.05, 4.69) is 5.32 Å². The molecule has 0 atom stereocenters. The molecule has 1 aromatic rings. The number of nitrogens with one attached hydrogen (secondary N) is 1. The van der Waals surface area contributed by atoms with Gasteiger partial charge in [-0.2, -0.15) is 0 Å². The van der Waals surface area contributed by atoms with E-state index in [0.29, 0.717) is 11.5 Å². The highest BCUT2D eigenvalue weighted by atomic mass is 16.5. The number of fused-ring (bicyclic) bond motifs is 1. The lowest BCUT2D eigenvalue weighted by molar-refractivity contribution is 0.0842. The van der Waals surface area contributed by atoms with Gasteiger partial charge in [-0.3, -0.25) is 4.79 Å². The Kier molecular flexibility index (Phi) is 3.32. The van der Waals surface area contributed by atoms with Gasteiger partial charge in [0.1, 0.15) is 0 Å². The SMILES string of the molecule is COc1ccc2c(c1OC)CC1(CCCCC1)NC2=O. The second-order valence-electron chi connectivity index (χ2n) is 5.80. The van der Waals surface area contributed by atoms with Crippen molar-refractivity contribution in [3.8, 4) is 11.5 Å². The molecule has 3 rings (SSSR count). The third kappa shape index (κ3) is 2.03.